The summed E-state index contributed by atoms with van der Waals surface area (Å²) in [6, 6.07) is 4.42. The second-order valence-corrected chi connectivity index (χ2v) is 5.01. The number of nitrogens with one attached hydrogen (secondary N) is 1. The van der Waals surface area contributed by atoms with Gasteiger partial charge in [0.15, 0.2) is 0 Å². The number of hydrogen-bond donors (Lipinski definition) is 2. The van der Waals surface area contributed by atoms with Gasteiger partial charge in [0.1, 0.15) is 16.4 Å². The molecule has 3 N–H and O–H groups in total. The molecule has 0 bridgehead atoms. The highest BCUT2D eigenvalue weighted by atomic mass is 32.1. The fraction of sp³-hybridized carbons (Fsp3) is 0.385. The van der Waals surface area contributed by atoms with Crippen molar-refractivity contribution >= 4 is 23.1 Å². The summed E-state index contributed by atoms with van der Waals surface area (Å²) in [5, 5.41) is 2.61. The molecule has 0 unspecified atom stereocenters. The van der Waals surface area contributed by atoms with Crippen molar-refractivity contribution in [2.75, 3.05) is 7.11 Å². The number of rotatable bonds is 5. The minimum atomic E-state index is -0.949. The summed E-state index contributed by atoms with van der Waals surface area (Å²) < 4.78 is 18.8. The molecule has 0 saturated heterocycles. The lowest BCUT2D eigenvalue weighted by Gasteiger charge is -2.21. The highest BCUT2D eigenvalue weighted by Gasteiger charge is 2.26. The van der Waals surface area contributed by atoms with Crippen LogP contribution < -0.4 is 11.1 Å². The Morgan fingerprint density at radius 1 is 1.53 bits per heavy atom. The van der Waals surface area contributed by atoms with Crippen LogP contribution >= 0.6 is 12.2 Å². The summed E-state index contributed by atoms with van der Waals surface area (Å²) in [5.41, 5.74) is 5.28. The largest absolute Gasteiger partial charge is 0.389 e. The van der Waals surface area contributed by atoms with Gasteiger partial charge in [-0.05, 0) is 19.9 Å². The number of halogens is 1. The number of benzene rings is 1. The molecule has 0 atom stereocenters. The molecule has 6 heteroatoms. The molecule has 1 rings (SSSR count). The summed E-state index contributed by atoms with van der Waals surface area (Å²) in [5.74, 6) is -0.770. The van der Waals surface area contributed by atoms with E-state index in [2.05, 4.69) is 5.32 Å². The zero-order valence-electron chi connectivity index (χ0n) is 11.1. The lowest BCUT2D eigenvalue weighted by Crippen LogP contribution is -2.43. The second-order valence-electron chi connectivity index (χ2n) is 4.57. The topological polar surface area (TPSA) is 64.3 Å². The first-order chi connectivity index (χ1) is 8.77. The number of thiocarbonyl (C=S) groups is 1. The number of carbonyl (C=O) groups is 1. The fourth-order valence-electron chi connectivity index (χ4n) is 1.33. The molecule has 0 aromatic heterocycles. The van der Waals surface area contributed by atoms with Crippen LogP contribution in [0.5, 0.6) is 0 Å². The molecule has 0 aliphatic heterocycles. The van der Waals surface area contributed by atoms with E-state index in [-0.39, 0.29) is 17.4 Å². The van der Waals surface area contributed by atoms with Crippen LogP contribution in [0.1, 0.15) is 25.0 Å². The molecule has 0 heterocycles. The van der Waals surface area contributed by atoms with Crippen LogP contribution in [0, 0.1) is 5.82 Å². The Balaban J connectivity index is 2.74. The first kappa shape index (κ1) is 15.5. The Labute approximate surface area is 117 Å². The minimum absolute atomic E-state index is 0.0784. The first-order valence-electron chi connectivity index (χ1n) is 5.69. The Hall–Kier alpha value is -1.53. The smallest absolute Gasteiger partial charge is 0.251 e. The average molecular weight is 284 g/mol. The third kappa shape index (κ3) is 3.97. The van der Waals surface area contributed by atoms with Crippen LogP contribution in [-0.4, -0.2) is 23.6 Å². The number of carbonyl (C=O) groups excluding carboxylic acids is 1. The van der Waals surface area contributed by atoms with Crippen LogP contribution in [0.2, 0.25) is 0 Å². The van der Waals surface area contributed by atoms with Gasteiger partial charge in [-0.3, -0.25) is 4.79 Å². The average Bonchev–Trinajstić information content (AvgIpc) is 2.36. The molecule has 0 aliphatic carbocycles. The Kier molecular flexibility index (Phi) is 4.97. The number of hydrogen-bond acceptors (Lipinski definition) is 3. The molecule has 1 aromatic carbocycles. The Morgan fingerprint density at radius 3 is 2.63 bits per heavy atom. The molecule has 4 nitrogen and oxygen atoms in total. The summed E-state index contributed by atoms with van der Waals surface area (Å²) >= 11 is 4.76. The van der Waals surface area contributed by atoms with Crippen LogP contribution in [0.4, 0.5) is 4.39 Å². The molecule has 0 fully saturated rings. The van der Waals surface area contributed by atoms with Crippen molar-refractivity contribution < 1.29 is 13.9 Å². The van der Waals surface area contributed by atoms with E-state index in [4.69, 9.17) is 22.7 Å². The molecule has 1 amide bonds. The molecule has 0 aliphatic rings. The van der Waals surface area contributed by atoms with Crippen molar-refractivity contribution in [3.05, 3.63) is 35.1 Å². The molecule has 1 aromatic rings. The van der Waals surface area contributed by atoms with Gasteiger partial charge in [-0.25, -0.2) is 4.39 Å². The van der Waals surface area contributed by atoms with Crippen molar-refractivity contribution in [2.45, 2.75) is 26.0 Å². The monoisotopic (exact) mass is 284 g/mol. The fourth-order valence-corrected chi connectivity index (χ4v) is 1.45. The highest BCUT2D eigenvalue weighted by molar-refractivity contribution is 7.80. The lowest BCUT2D eigenvalue weighted by molar-refractivity contribution is -0.139. The summed E-state index contributed by atoms with van der Waals surface area (Å²) in [7, 11) is 1.44. The van der Waals surface area contributed by atoms with Gasteiger partial charge < -0.3 is 15.8 Å². The summed E-state index contributed by atoms with van der Waals surface area (Å²) in [4.78, 5) is 11.9. The predicted octanol–water partition coefficient (Wildman–Crippen LogP) is 1.50. The number of ether oxygens (including phenoxy) is 1. The standard InChI is InChI=1S/C13H17FN2O2S/c1-13(2,18-3)12(17)16-7-9-5-4-8(11(15)19)6-10(9)14/h4-6H,7H2,1-3H3,(H2,15,19)(H,16,17). The quantitative estimate of drug-likeness (QED) is 0.804. The van der Waals surface area contributed by atoms with Gasteiger partial charge in [-0.15, -0.1) is 0 Å². The van der Waals surface area contributed by atoms with Crippen LogP contribution in [0.25, 0.3) is 0 Å². The van der Waals surface area contributed by atoms with Gasteiger partial charge in [0.25, 0.3) is 5.91 Å². The van der Waals surface area contributed by atoms with Crippen LogP contribution in [0.3, 0.4) is 0 Å². The molecule has 0 spiro atoms. The Morgan fingerprint density at radius 2 is 2.16 bits per heavy atom. The third-order valence-electron chi connectivity index (χ3n) is 2.83. The van der Waals surface area contributed by atoms with Crippen molar-refractivity contribution in [1.29, 1.82) is 0 Å². The molecule has 104 valence electrons. The highest BCUT2D eigenvalue weighted by Crippen LogP contribution is 2.12. The molecular weight excluding hydrogens is 267 g/mol. The van der Waals surface area contributed by atoms with E-state index in [1.165, 1.54) is 13.2 Å². The lowest BCUT2D eigenvalue weighted by atomic mass is 10.1. The van der Waals surface area contributed by atoms with E-state index in [9.17, 15) is 9.18 Å². The number of amides is 1. The van der Waals surface area contributed by atoms with Crippen molar-refractivity contribution in [3.8, 4) is 0 Å². The van der Waals surface area contributed by atoms with Gasteiger partial charge in [0.05, 0.1) is 0 Å². The van der Waals surface area contributed by atoms with Crippen LogP contribution in [0.15, 0.2) is 18.2 Å². The second kappa shape index (κ2) is 6.08. The van der Waals surface area contributed by atoms with Gasteiger partial charge in [0, 0.05) is 24.8 Å². The maximum atomic E-state index is 13.7. The number of methoxy groups -OCH3 is 1. The van der Waals surface area contributed by atoms with E-state index < -0.39 is 11.4 Å². The van der Waals surface area contributed by atoms with Crippen molar-refractivity contribution in [3.63, 3.8) is 0 Å². The normalized spacial score (nSPS) is 11.2. The van der Waals surface area contributed by atoms with Crippen LogP contribution in [-0.2, 0) is 16.1 Å². The summed E-state index contributed by atoms with van der Waals surface area (Å²) in [6.07, 6.45) is 0. The molecular formula is C13H17FN2O2S. The van der Waals surface area contributed by atoms with Gasteiger partial charge in [-0.1, -0.05) is 24.4 Å². The van der Waals surface area contributed by atoms with Crippen molar-refractivity contribution in [1.82, 2.24) is 5.32 Å². The molecule has 0 radical (unpaired) electrons. The molecule has 0 saturated carbocycles. The zero-order valence-corrected chi connectivity index (χ0v) is 11.9. The van der Waals surface area contributed by atoms with Gasteiger partial charge >= 0.3 is 0 Å². The maximum Gasteiger partial charge on any atom is 0.251 e. The SMILES string of the molecule is COC(C)(C)C(=O)NCc1ccc(C(N)=S)cc1F. The van der Waals surface area contributed by atoms with Gasteiger partial charge in [0.2, 0.25) is 0 Å². The maximum absolute atomic E-state index is 13.7. The first-order valence-corrected chi connectivity index (χ1v) is 6.10. The predicted molar refractivity (Wildman–Crippen MR) is 75.2 cm³/mol. The minimum Gasteiger partial charge on any atom is -0.389 e. The number of nitrogens with two attached hydrogens (primary N) is 1. The van der Waals surface area contributed by atoms with E-state index in [1.54, 1.807) is 26.0 Å². The van der Waals surface area contributed by atoms with E-state index in [0.717, 1.165) is 0 Å². The van der Waals surface area contributed by atoms with Crippen molar-refractivity contribution in [2.24, 2.45) is 5.73 Å². The molecule has 19 heavy (non-hydrogen) atoms. The zero-order chi connectivity index (χ0) is 14.6. The van der Waals surface area contributed by atoms with Gasteiger partial charge in [-0.2, -0.15) is 0 Å². The Bertz CT molecular complexity index is 503. The summed E-state index contributed by atoms with van der Waals surface area (Å²) in [6.45, 7) is 3.35. The van der Waals surface area contributed by atoms with E-state index in [0.29, 0.717) is 11.1 Å². The van der Waals surface area contributed by atoms with E-state index in [1.807, 2.05) is 0 Å². The third-order valence-corrected chi connectivity index (χ3v) is 3.07. The van der Waals surface area contributed by atoms with E-state index >= 15 is 0 Å².